The van der Waals surface area contributed by atoms with Crippen molar-refractivity contribution >= 4 is 0 Å². The molecule has 6 rings (SSSR count). The first-order valence-electron chi connectivity index (χ1n) is 20.8. The summed E-state index contributed by atoms with van der Waals surface area (Å²) in [5.74, 6) is -0.526. The quantitative estimate of drug-likeness (QED) is 0.121. The lowest BCUT2D eigenvalue weighted by Gasteiger charge is -2.72. The van der Waals surface area contributed by atoms with Gasteiger partial charge in [-0.2, -0.15) is 0 Å². The molecule has 6 fully saturated rings. The van der Waals surface area contributed by atoms with Crippen LogP contribution in [0.4, 0.5) is 0 Å². The van der Waals surface area contributed by atoms with Crippen molar-refractivity contribution in [3.63, 3.8) is 0 Å². The van der Waals surface area contributed by atoms with Crippen LogP contribution in [0.25, 0.3) is 0 Å². The molecule has 4 aliphatic carbocycles. The van der Waals surface area contributed by atoms with Gasteiger partial charge in [-0.05, 0) is 124 Å². The number of fused-ring (bicyclic) bond motifs is 5. The van der Waals surface area contributed by atoms with Gasteiger partial charge in [-0.15, -0.1) is 0 Å². The number of ether oxygens (including phenoxy) is 4. The highest BCUT2D eigenvalue weighted by Gasteiger charge is 2.73. The summed E-state index contributed by atoms with van der Waals surface area (Å²) in [5, 5.41) is 100. The summed E-state index contributed by atoms with van der Waals surface area (Å²) >= 11 is 0. The Kier molecular flexibility index (Phi) is 12.2. The number of aliphatic hydroxyl groups excluding tert-OH is 8. The van der Waals surface area contributed by atoms with Crippen molar-refractivity contribution in [1.82, 2.24) is 0 Å². The van der Waals surface area contributed by atoms with Crippen LogP contribution < -0.4 is 0 Å². The number of allylic oxidation sites excluding steroid dienone is 2. The van der Waals surface area contributed by atoms with E-state index in [9.17, 15) is 46.0 Å². The molecule has 2 saturated heterocycles. The molecular weight excluding hydrogens is 712 g/mol. The second-order valence-corrected chi connectivity index (χ2v) is 20.3. The van der Waals surface area contributed by atoms with Crippen LogP contribution in [0, 0.1) is 45.3 Å². The third-order valence-electron chi connectivity index (χ3n) is 16.5. The molecule has 55 heavy (non-hydrogen) atoms. The van der Waals surface area contributed by atoms with E-state index in [1.54, 1.807) is 0 Å². The largest absolute Gasteiger partial charge is 0.394 e. The van der Waals surface area contributed by atoms with Crippen LogP contribution in [0.2, 0.25) is 0 Å². The summed E-state index contributed by atoms with van der Waals surface area (Å²) in [6, 6.07) is 0. The summed E-state index contributed by atoms with van der Waals surface area (Å²) in [5.41, 5.74) is -1.71. The summed E-state index contributed by atoms with van der Waals surface area (Å²) in [4.78, 5) is 0. The minimum atomic E-state index is -1.70. The second kappa shape index (κ2) is 15.4. The Bertz CT molecular complexity index is 1390. The first-order valence-corrected chi connectivity index (χ1v) is 20.8. The van der Waals surface area contributed by atoms with Gasteiger partial charge in [0, 0.05) is 0 Å². The molecule has 4 saturated carbocycles. The Morgan fingerprint density at radius 1 is 0.818 bits per heavy atom. The predicted octanol–water partition coefficient (Wildman–Crippen LogP) is 2.15. The molecule has 0 aromatic rings. The molecule has 0 aromatic carbocycles. The van der Waals surface area contributed by atoms with Gasteiger partial charge in [-0.3, -0.25) is 0 Å². The van der Waals surface area contributed by atoms with E-state index in [0.717, 1.165) is 19.3 Å². The van der Waals surface area contributed by atoms with E-state index in [1.165, 1.54) is 12.5 Å². The van der Waals surface area contributed by atoms with Gasteiger partial charge in [-0.1, -0.05) is 46.3 Å². The zero-order valence-corrected chi connectivity index (χ0v) is 34.4. The molecule has 2 heterocycles. The third kappa shape index (κ3) is 7.10. The van der Waals surface area contributed by atoms with Crippen LogP contribution in [0.1, 0.15) is 114 Å². The lowest BCUT2D eigenvalue weighted by atomic mass is 9.34. The minimum Gasteiger partial charge on any atom is -0.394 e. The average molecular weight is 785 g/mol. The first-order chi connectivity index (χ1) is 25.5. The molecule has 0 bridgehead atoms. The Morgan fingerprint density at radius 3 is 2.13 bits per heavy atom. The maximum Gasteiger partial charge on any atom is 0.187 e. The van der Waals surface area contributed by atoms with E-state index in [4.69, 9.17) is 18.9 Å². The van der Waals surface area contributed by atoms with E-state index in [2.05, 4.69) is 40.7 Å². The average Bonchev–Trinajstić information content (AvgIpc) is 3.49. The fourth-order valence-electron chi connectivity index (χ4n) is 13.3. The summed E-state index contributed by atoms with van der Waals surface area (Å²) in [6.07, 6.45) is -8.99. The number of aliphatic hydroxyl groups is 9. The van der Waals surface area contributed by atoms with Crippen molar-refractivity contribution in [3.05, 3.63) is 11.6 Å². The topological polar surface area (TPSA) is 219 Å². The molecule has 0 radical (unpaired) electrons. The van der Waals surface area contributed by atoms with E-state index in [0.29, 0.717) is 32.1 Å². The van der Waals surface area contributed by atoms with E-state index in [-0.39, 0.29) is 23.7 Å². The molecule has 13 nitrogen and oxygen atoms in total. The maximum atomic E-state index is 12.3. The molecule has 0 amide bonds. The van der Waals surface area contributed by atoms with Crippen molar-refractivity contribution in [1.29, 1.82) is 0 Å². The van der Waals surface area contributed by atoms with Crippen LogP contribution >= 0.6 is 0 Å². The number of hydrogen-bond donors (Lipinski definition) is 9. The Balaban J connectivity index is 1.38. The fraction of sp³-hybridized carbons (Fsp3) is 0.952. The normalized spacial score (nSPS) is 53.4. The Labute approximate surface area is 327 Å². The number of hydrogen-bond acceptors (Lipinski definition) is 13. The molecule has 0 spiro atoms. The van der Waals surface area contributed by atoms with Gasteiger partial charge in [0.15, 0.2) is 12.6 Å². The van der Waals surface area contributed by atoms with Gasteiger partial charge >= 0.3 is 0 Å². The highest BCUT2D eigenvalue weighted by molar-refractivity contribution is 5.22. The van der Waals surface area contributed by atoms with Crippen LogP contribution in [-0.2, 0) is 18.9 Å². The van der Waals surface area contributed by atoms with Crippen LogP contribution in [0.5, 0.6) is 0 Å². The second-order valence-electron chi connectivity index (χ2n) is 20.3. The molecule has 2 aliphatic heterocycles. The molecule has 318 valence electrons. The van der Waals surface area contributed by atoms with Crippen LogP contribution in [0.15, 0.2) is 11.6 Å². The van der Waals surface area contributed by atoms with Gasteiger partial charge in [0.1, 0.15) is 42.7 Å². The van der Waals surface area contributed by atoms with Gasteiger partial charge in [0.05, 0.1) is 36.6 Å². The lowest BCUT2D eigenvalue weighted by molar-refractivity contribution is -0.382. The highest BCUT2D eigenvalue weighted by atomic mass is 16.8. The summed E-state index contributed by atoms with van der Waals surface area (Å²) in [7, 11) is 0. The third-order valence-corrected chi connectivity index (χ3v) is 16.5. The molecule has 6 aliphatic rings. The van der Waals surface area contributed by atoms with E-state index < -0.39 is 114 Å². The lowest BCUT2D eigenvalue weighted by Crippen LogP contribution is -2.71. The van der Waals surface area contributed by atoms with Crippen molar-refractivity contribution in [2.45, 2.75) is 199 Å². The van der Waals surface area contributed by atoms with Crippen LogP contribution in [0.3, 0.4) is 0 Å². The zero-order chi connectivity index (χ0) is 40.8. The minimum absolute atomic E-state index is 0.0411. The molecule has 21 atom stereocenters. The van der Waals surface area contributed by atoms with Gasteiger partial charge in [0.2, 0.25) is 0 Å². The maximum absolute atomic E-state index is 12.3. The van der Waals surface area contributed by atoms with E-state index in [1.807, 2.05) is 20.8 Å². The Hall–Kier alpha value is -0.780. The smallest absolute Gasteiger partial charge is 0.187 e. The van der Waals surface area contributed by atoms with Crippen LogP contribution in [-0.4, -0.2) is 138 Å². The summed E-state index contributed by atoms with van der Waals surface area (Å²) in [6.45, 7) is 17.8. The molecule has 0 aromatic heterocycles. The van der Waals surface area contributed by atoms with Crippen molar-refractivity contribution in [2.75, 3.05) is 6.61 Å². The van der Waals surface area contributed by atoms with Gasteiger partial charge < -0.3 is 64.9 Å². The fourth-order valence-corrected chi connectivity index (χ4v) is 13.3. The van der Waals surface area contributed by atoms with Gasteiger partial charge in [0.25, 0.3) is 0 Å². The van der Waals surface area contributed by atoms with E-state index >= 15 is 0 Å². The SMILES string of the molecule is CC(C)=CCC[C@](C)(O)[C@H]1CC[C@]2(C)[C@@H]1[C@H](O)C[C@@H]1[C@@]3(C)CC[C@H](O)C(C)(C)[C@@H]3[C@@H](O[C@@H]3O[C@H](CO)[C@H](O)[C@H](O)[C@H]3O[C@@H]3O[C@@H](C)[C@H](O)[C@@H](O)[C@H]3O)C[C@]12C. The molecule has 0 unspecified atom stereocenters. The molecule has 9 N–H and O–H groups in total. The molecular formula is C42H72O13. The van der Waals surface area contributed by atoms with Gasteiger partial charge in [-0.25, -0.2) is 0 Å². The number of rotatable bonds is 9. The van der Waals surface area contributed by atoms with Crippen molar-refractivity contribution in [3.8, 4) is 0 Å². The predicted molar refractivity (Wildman–Crippen MR) is 201 cm³/mol. The van der Waals surface area contributed by atoms with Crippen molar-refractivity contribution < 1.29 is 64.9 Å². The Morgan fingerprint density at radius 2 is 1.49 bits per heavy atom. The highest BCUT2D eigenvalue weighted by Crippen LogP contribution is 2.76. The van der Waals surface area contributed by atoms with Crippen molar-refractivity contribution in [2.24, 2.45) is 45.3 Å². The molecule has 13 heteroatoms. The first kappa shape index (κ1) is 43.8. The standard InChI is InChI=1S/C42H72O13/c1-20(2)11-10-14-42(9,51)22-12-16-40(7)28(22)23(44)17-26-39(6)15-13-27(45)38(4,5)35(39)24(18-41(26,40)8)53-37-34(32(49)30(47)25(19-43)54-37)55-36-33(50)31(48)29(46)21(3)52-36/h11,21-37,43-51H,10,12-19H2,1-9H3/t21-,22-,23+,24-,25+,26+,27-,28-,29-,30-,31+,32-,33+,34+,35-,36-,37+,39+,40+,41+,42-/m0/s1. The summed E-state index contributed by atoms with van der Waals surface area (Å²) < 4.78 is 25.1. The monoisotopic (exact) mass is 784 g/mol. The zero-order valence-electron chi connectivity index (χ0n) is 34.4.